The number of halogens is 1. The third-order valence-corrected chi connectivity index (χ3v) is 5.55. The summed E-state index contributed by atoms with van der Waals surface area (Å²) < 4.78 is 13.8. The van der Waals surface area contributed by atoms with Crippen molar-refractivity contribution >= 4 is 11.3 Å². The summed E-state index contributed by atoms with van der Waals surface area (Å²) in [6, 6.07) is 8.89. The van der Waals surface area contributed by atoms with E-state index in [4.69, 9.17) is 0 Å². The summed E-state index contributed by atoms with van der Waals surface area (Å²) in [6.45, 7) is 2.07. The average Bonchev–Trinajstić information content (AvgIpc) is 2.98. The maximum atomic E-state index is 13.8. The molecule has 4 heteroatoms. The maximum absolute atomic E-state index is 13.8. The van der Waals surface area contributed by atoms with Crippen LogP contribution in [0.1, 0.15) is 34.9 Å². The van der Waals surface area contributed by atoms with Crippen LogP contribution in [0.25, 0.3) is 0 Å². The summed E-state index contributed by atoms with van der Waals surface area (Å²) in [5.41, 5.74) is 1.68. The predicted molar refractivity (Wildman–Crippen MR) is 88.7 cm³/mol. The van der Waals surface area contributed by atoms with Crippen LogP contribution < -0.4 is 0 Å². The van der Waals surface area contributed by atoms with Crippen molar-refractivity contribution in [2.75, 3.05) is 20.1 Å². The zero-order valence-corrected chi connectivity index (χ0v) is 13.7. The Balaban J connectivity index is 1.76. The Labute approximate surface area is 135 Å². The van der Waals surface area contributed by atoms with Crippen molar-refractivity contribution in [1.82, 2.24) is 4.90 Å². The number of hydrogen-bond acceptors (Lipinski definition) is 3. The van der Waals surface area contributed by atoms with Gasteiger partial charge in [0.1, 0.15) is 5.82 Å². The Kier molecular flexibility index (Phi) is 4.91. The van der Waals surface area contributed by atoms with E-state index in [1.807, 2.05) is 23.6 Å². The zero-order chi connectivity index (χ0) is 15.5. The van der Waals surface area contributed by atoms with Gasteiger partial charge in [-0.2, -0.15) is 0 Å². The summed E-state index contributed by atoms with van der Waals surface area (Å²) in [5.74, 6) is 0.140. The van der Waals surface area contributed by atoms with Gasteiger partial charge in [-0.05, 0) is 67.5 Å². The Morgan fingerprint density at radius 3 is 2.73 bits per heavy atom. The number of aliphatic hydroxyl groups is 1. The van der Waals surface area contributed by atoms with E-state index >= 15 is 0 Å². The van der Waals surface area contributed by atoms with Gasteiger partial charge in [-0.15, -0.1) is 11.3 Å². The first-order valence-corrected chi connectivity index (χ1v) is 8.69. The summed E-state index contributed by atoms with van der Waals surface area (Å²) in [7, 11) is 2.12. The molecule has 2 heterocycles. The van der Waals surface area contributed by atoms with Crippen molar-refractivity contribution in [2.24, 2.45) is 5.92 Å². The number of likely N-dealkylation sites (tertiary alicyclic amines) is 1. The Bertz CT molecular complexity index is 619. The molecule has 22 heavy (non-hydrogen) atoms. The normalized spacial score (nSPS) is 18.5. The van der Waals surface area contributed by atoms with Crippen molar-refractivity contribution in [3.63, 3.8) is 0 Å². The van der Waals surface area contributed by atoms with Gasteiger partial charge in [0.15, 0.2) is 0 Å². The fourth-order valence-corrected chi connectivity index (χ4v) is 4.11. The van der Waals surface area contributed by atoms with Crippen LogP contribution in [0, 0.1) is 11.7 Å². The smallest absolute Gasteiger partial charge is 0.126 e. The van der Waals surface area contributed by atoms with Gasteiger partial charge in [0, 0.05) is 11.3 Å². The van der Waals surface area contributed by atoms with Crippen molar-refractivity contribution in [3.8, 4) is 0 Å². The number of piperidine rings is 1. The van der Waals surface area contributed by atoms with E-state index < -0.39 is 6.10 Å². The Morgan fingerprint density at radius 1 is 1.27 bits per heavy atom. The molecule has 1 aromatic carbocycles. The Hall–Kier alpha value is -1.23. The summed E-state index contributed by atoms with van der Waals surface area (Å²) in [4.78, 5) is 3.38. The maximum Gasteiger partial charge on any atom is 0.126 e. The molecule has 118 valence electrons. The minimum absolute atomic E-state index is 0.171. The number of benzene rings is 1. The van der Waals surface area contributed by atoms with Gasteiger partial charge in [0.05, 0.1) is 6.10 Å². The molecule has 1 aliphatic heterocycles. The van der Waals surface area contributed by atoms with Crippen LogP contribution in [-0.4, -0.2) is 30.1 Å². The van der Waals surface area contributed by atoms with Gasteiger partial charge in [0.2, 0.25) is 0 Å². The highest BCUT2D eigenvalue weighted by Gasteiger charge is 2.27. The molecular formula is C18H22FNOS. The molecule has 1 saturated heterocycles. The third-order valence-electron chi connectivity index (χ3n) is 4.62. The minimum Gasteiger partial charge on any atom is -0.388 e. The fraction of sp³-hybridized carbons (Fsp3) is 0.444. The molecule has 1 atom stereocenters. The number of thiophene rings is 1. The van der Waals surface area contributed by atoms with Gasteiger partial charge >= 0.3 is 0 Å². The first-order chi connectivity index (χ1) is 10.6. The number of nitrogens with zero attached hydrogens (tertiary/aromatic N) is 1. The number of aliphatic hydroxyl groups excluding tert-OH is 1. The lowest BCUT2D eigenvalue weighted by molar-refractivity contribution is 0.0655. The molecule has 0 radical (unpaired) electrons. The molecule has 0 saturated carbocycles. The summed E-state index contributed by atoms with van der Waals surface area (Å²) in [5, 5.41) is 12.7. The van der Waals surface area contributed by atoms with E-state index in [2.05, 4.69) is 11.9 Å². The second-order valence-corrected chi connectivity index (χ2v) is 7.15. The average molecular weight is 319 g/mol. The Morgan fingerprint density at radius 2 is 2.00 bits per heavy atom. The lowest BCUT2D eigenvalue weighted by Crippen LogP contribution is -2.32. The van der Waals surface area contributed by atoms with Crippen LogP contribution >= 0.6 is 11.3 Å². The zero-order valence-electron chi connectivity index (χ0n) is 12.8. The molecule has 0 aliphatic carbocycles. The van der Waals surface area contributed by atoms with Gasteiger partial charge in [-0.25, -0.2) is 4.39 Å². The van der Waals surface area contributed by atoms with Gasteiger partial charge in [-0.1, -0.05) is 18.2 Å². The van der Waals surface area contributed by atoms with Gasteiger partial charge in [-0.3, -0.25) is 0 Å². The first-order valence-electron chi connectivity index (χ1n) is 7.81. The number of rotatable bonds is 4. The van der Waals surface area contributed by atoms with Crippen LogP contribution in [0.2, 0.25) is 0 Å². The largest absolute Gasteiger partial charge is 0.388 e. The van der Waals surface area contributed by atoms with E-state index in [1.165, 1.54) is 6.07 Å². The molecule has 0 bridgehead atoms. The quantitative estimate of drug-likeness (QED) is 0.925. The summed E-state index contributed by atoms with van der Waals surface area (Å²) >= 11 is 1.61. The van der Waals surface area contributed by atoms with Crippen molar-refractivity contribution < 1.29 is 9.50 Å². The fourth-order valence-electron chi connectivity index (χ4n) is 3.17. The molecule has 3 rings (SSSR count). The highest BCUT2D eigenvalue weighted by molar-refractivity contribution is 7.10. The van der Waals surface area contributed by atoms with Crippen molar-refractivity contribution in [3.05, 3.63) is 57.5 Å². The minimum atomic E-state index is -0.429. The second kappa shape index (κ2) is 6.90. The van der Waals surface area contributed by atoms with E-state index in [0.29, 0.717) is 17.9 Å². The second-order valence-electron chi connectivity index (χ2n) is 6.15. The van der Waals surface area contributed by atoms with Crippen LogP contribution in [0.4, 0.5) is 4.39 Å². The lowest BCUT2D eigenvalue weighted by atomic mass is 9.87. The topological polar surface area (TPSA) is 23.5 Å². The van der Waals surface area contributed by atoms with Gasteiger partial charge in [0.25, 0.3) is 0 Å². The lowest BCUT2D eigenvalue weighted by Gasteiger charge is -2.32. The van der Waals surface area contributed by atoms with Crippen molar-refractivity contribution in [2.45, 2.75) is 25.4 Å². The monoisotopic (exact) mass is 319 g/mol. The molecule has 1 fully saturated rings. The van der Waals surface area contributed by atoms with Crippen LogP contribution in [0.5, 0.6) is 0 Å². The summed E-state index contributed by atoms with van der Waals surface area (Å²) in [6.07, 6.45) is 2.17. The van der Waals surface area contributed by atoms with Crippen LogP contribution in [0.15, 0.2) is 35.7 Å². The molecule has 2 nitrogen and oxygen atoms in total. The highest BCUT2D eigenvalue weighted by atomic mass is 32.1. The van der Waals surface area contributed by atoms with Crippen LogP contribution in [-0.2, 0) is 6.42 Å². The van der Waals surface area contributed by atoms with E-state index in [1.54, 1.807) is 17.4 Å². The van der Waals surface area contributed by atoms with E-state index in [9.17, 15) is 9.50 Å². The van der Waals surface area contributed by atoms with E-state index in [-0.39, 0.29) is 5.82 Å². The third kappa shape index (κ3) is 3.40. The van der Waals surface area contributed by atoms with Crippen molar-refractivity contribution in [1.29, 1.82) is 0 Å². The molecular weight excluding hydrogens is 297 g/mol. The molecule has 1 aliphatic rings. The molecule has 1 N–H and O–H groups in total. The molecule has 1 aromatic heterocycles. The first kappa shape index (κ1) is 15.7. The standard InChI is InChI=1S/C18H22FNOS/c1-20-9-6-13(7-10-20)18(21)15-8-11-22-17(15)12-14-4-2-3-5-16(14)19/h2-5,8,11,13,18,21H,6-7,9-10,12H2,1H3. The predicted octanol–water partition coefficient (Wildman–Crippen LogP) is 3.85. The highest BCUT2D eigenvalue weighted by Crippen LogP contribution is 2.35. The van der Waals surface area contributed by atoms with E-state index in [0.717, 1.165) is 36.4 Å². The molecule has 0 amide bonds. The van der Waals surface area contributed by atoms with Crippen LogP contribution in [0.3, 0.4) is 0 Å². The molecule has 1 unspecified atom stereocenters. The molecule has 0 spiro atoms. The van der Waals surface area contributed by atoms with Gasteiger partial charge < -0.3 is 10.0 Å². The molecule has 2 aromatic rings. The SMILES string of the molecule is CN1CCC(C(O)c2ccsc2Cc2ccccc2F)CC1. The number of hydrogen-bond donors (Lipinski definition) is 1.